The second kappa shape index (κ2) is 13.1. The van der Waals surface area contributed by atoms with Crippen LogP contribution in [0.3, 0.4) is 0 Å². The largest absolute Gasteiger partial charge is 0.443 e. The number of amides is 2. The molecule has 3 fully saturated rings. The highest BCUT2D eigenvalue weighted by molar-refractivity contribution is 6.30. The van der Waals surface area contributed by atoms with Crippen LogP contribution in [0.2, 0.25) is 5.02 Å². The van der Waals surface area contributed by atoms with Crippen molar-refractivity contribution in [1.29, 1.82) is 0 Å². The predicted octanol–water partition coefficient (Wildman–Crippen LogP) is 6.22. The van der Waals surface area contributed by atoms with Crippen molar-refractivity contribution in [3.63, 3.8) is 0 Å². The van der Waals surface area contributed by atoms with Gasteiger partial charge in [-0.15, -0.1) is 0 Å². The quantitative estimate of drug-likeness (QED) is 0.299. The molecule has 2 aliphatic carbocycles. The standard InChI is InChI=1S/C34H46ClN5O4/c1-7-23(2)19-28(39-15-17-40(18-16-39)32(42)44-33(4)13-14-33)26-10-9-25(35)20-27(26)24(3)30(29-21-36-22-38(29)5)37-31(41)34(43-6)11-8-12-34/h7,9-10,20-22,28,30H,3,8,11-19H2,1-2,4-6H3,(H,37,41)/b23-7-. The molecule has 1 saturated heterocycles. The number of piperazine rings is 1. The molecule has 5 rings (SSSR count). The summed E-state index contributed by atoms with van der Waals surface area (Å²) in [5.41, 5.74) is 3.66. The molecule has 1 aromatic heterocycles. The normalized spacial score (nSPS) is 20.8. The van der Waals surface area contributed by atoms with Crippen LogP contribution in [0.15, 0.2) is 49.0 Å². The summed E-state index contributed by atoms with van der Waals surface area (Å²) in [5, 5.41) is 3.85. The maximum Gasteiger partial charge on any atom is 0.410 e. The van der Waals surface area contributed by atoms with E-state index in [4.69, 9.17) is 21.1 Å². The Morgan fingerprint density at radius 2 is 1.89 bits per heavy atom. The summed E-state index contributed by atoms with van der Waals surface area (Å²) in [6, 6.07) is 5.41. The van der Waals surface area contributed by atoms with E-state index in [-0.39, 0.29) is 23.6 Å². The Bertz CT molecular complexity index is 1410. The molecular formula is C34H46ClN5O4. The van der Waals surface area contributed by atoms with Crippen molar-refractivity contribution in [3.8, 4) is 0 Å². The molecule has 1 aromatic carbocycles. The second-order valence-electron chi connectivity index (χ2n) is 12.8. The third-order valence-electron chi connectivity index (χ3n) is 9.77. The van der Waals surface area contributed by atoms with Gasteiger partial charge in [0.2, 0.25) is 0 Å². The van der Waals surface area contributed by atoms with E-state index in [2.05, 4.69) is 47.8 Å². The molecule has 9 nitrogen and oxygen atoms in total. The number of methoxy groups -OCH3 is 1. The van der Waals surface area contributed by atoms with E-state index in [0.717, 1.165) is 48.1 Å². The lowest BCUT2D eigenvalue weighted by atomic mass is 9.78. The Kier molecular flexibility index (Phi) is 9.58. The average Bonchev–Trinajstić information content (AvgIpc) is 3.56. The number of aryl methyl sites for hydroxylation is 1. The zero-order valence-electron chi connectivity index (χ0n) is 26.7. The maximum absolute atomic E-state index is 13.6. The molecule has 238 valence electrons. The molecule has 2 aromatic rings. The van der Waals surface area contributed by atoms with E-state index in [9.17, 15) is 9.59 Å². The molecule has 0 bridgehead atoms. The van der Waals surface area contributed by atoms with E-state index in [1.54, 1.807) is 19.6 Å². The lowest BCUT2D eigenvalue weighted by molar-refractivity contribution is -0.154. The lowest BCUT2D eigenvalue weighted by Crippen LogP contribution is -2.54. The SMILES string of the molecule is C=C(c1cc(Cl)ccc1C(C/C(C)=C\C)N1CCN(C(=O)OC2(C)CC2)CC1)C(NC(=O)C1(OC)CCC1)c1cncn1C. The number of nitrogens with one attached hydrogen (secondary N) is 1. The molecule has 2 atom stereocenters. The number of hydrogen-bond donors (Lipinski definition) is 1. The summed E-state index contributed by atoms with van der Waals surface area (Å²) in [6.45, 7) is 13.4. The van der Waals surface area contributed by atoms with Gasteiger partial charge in [-0.2, -0.15) is 0 Å². The highest BCUT2D eigenvalue weighted by atomic mass is 35.5. The second-order valence-corrected chi connectivity index (χ2v) is 13.3. The minimum Gasteiger partial charge on any atom is -0.443 e. The minimum absolute atomic E-state index is 0.00850. The number of carbonyl (C=O) groups is 2. The molecule has 1 N–H and O–H groups in total. The summed E-state index contributed by atoms with van der Waals surface area (Å²) >= 11 is 6.64. The molecule has 2 unspecified atom stereocenters. The summed E-state index contributed by atoms with van der Waals surface area (Å²) in [5.74, 6) is -0.147. The highest BCUT2D eigenvalue weighted by Crippen LogP contribution is 2.42. The number of nitrogens with zero attached hydrogens (tertiary/aromatic N) is 4. The van der Waals surface area contributed by atoms with Crippen molar-refractivity contribution in [3.05, 3.63) is 70.8 Å². The lowest BCUT2D eigenvalue weighted by Gasteiger charge is -2.41. The summed E-state index contributed by atoms with van der Waals surface area (Å²) in [6.07, 6.45) is 10.4. The number of hydrogen-bond acceptors (Lipinski definition) is 6. The predicted molar refractivity (Wildman–Crippen MR) is 172 cm³/mol. The minimum atomic E-state index is -0.822. The van der Waals surface area contributed by atoms with Crippen LogP contribution in [0.25, 0.3) is 5.57 Å². The van der Waals surface area contributed by atoms with Gasteiger partial charge in [0, 0.05) is 51.4 Å². The van der Waals surface area contributed by atoms with Crippen LogP contribution in [0, 0.1) is 0 Å². The van der Waals surface area contributed by atoms with Gasteiger partial charge in [-0.3, -0.25) is 9.69 Å². The van der Waals surface area contributed by atoms with Gasteiger partial charge < -0.3 is 24.3 Å². The van der Waals surface area contributed by atoms with Crippen molar-refractivity contribution in [2.45, 2.75) is 82.6 Å². The Morgan fingerprint density at radius 1 is 1.18 bits per heavy atom. The molecule has 1 aliphatic heterocycles. The zero-order valence-corrected chi connectivity index (χ0v) is 27.5. The van der Waals surface area contributed by atoms with Crippen molar-refractivity contribution in [2.75, 3.05) is 33.3 Å². The smallest absolute Gasteiger partial charge is 0.410 e. The summed E-state index contributed by atoms with van der Waals surface area (Å²) in [4.78, 5) is 35.1. The molecule has 44 heavy (non-hydrogen) atoms. The van der Waals surface area contributed by atoms with Crippen molar-refractivity contribution in [1.82, 2.24) is 24.7 Å². The Hall–Kier alpha value is -3.14. The van der Waals surface area contributed by atoms with Gasteiger partial charge in [0.15, 0.2) is 0 Å². The Labute approximate surface area is 266 Å². The van der Waals surface area contributed by atoms with Crippen LogP contribution in [-0.4, -0.2) is 75.8 Å². The number of halogens is 1. The molecule has 2 heterocycles. The van der Waals surface area contributed by atoms with Gasteiger partial charge in [-0.25, -0.2) is 9.78 Å². The number of ether oxygens (including phenoxy) is 2. The van der Waals surface area contributed by atoms with Crippen molar-refractivity contribution < 1.29 is 19.1 Å². The van der Waals surface area contributed by atoms with Gasteiger partial charge in [0.05, 0.1) is 24.3 Å². The fourth-order valence-corrected chi connectivity index (χ4v) is 6.32. The van der Waals surface area contributed by atoms with Crippen molar-refractivity contribution >= 4 is 29.2 Å². The third-order valence-corrected chi connectivity index (χ3v) is 10.0. The molecule has 10 heteroatoms. The van der Waals surface area contributed by atoms with E-state index < -0.39 is 11.6 Å². The van der Waals surface area contributed by atoms with E-state index in [0.29, 0.717) is 44.0 Å². The van der Waals surface area contributed by atoms with Gasteiger partial charge in [0.1, 0.15) is 11.2 Å². The topological polar surface area (TPSA) is 88.9 Å². The first-order valence-electron chi connectivity index (χ1n) is 15.6. The maximum atomic E-state index is 13.6. The van der Waals surface area contributed by atoms with E-state index >= 15 is 0 Å². The van der Waals surface area contributed by atoms with Gasteiger partial charge in [0.25, 0.3) is 5.91 Å². The first-order chi connectivity index (χ1) is 21.0. The third kappa shape index (κ3) is 6.75. The number of rotatable bonds is 11. The number of benzene rings is 1. The van der Waals surface area contributed by atoms with Crippen LogP contribution < -0.4 is 5.32 Å². The number of imidazole rings is 1. The van der Waals surface area contributed by atoms with Gasteiger partial charge in [-0.05, 0) is 88.1 Å². The van der Waals surface area contributed by atoms with Crippen LogP contribution in [0.1, 0.15) is 88.2 Å². The fraction of sp³-hybridized carbons (Fsp3) is 0.559. The highest BCUT2D eigenvalue weighted by Gasteiger charge is 2.46. The molecule has 0 radical (unpaired) electrons. The molecule has 2 amide bonds. The zero-order chi connectivity index (χ0) is 31.6. The molecule has 0 spiro atoms. The van der Waals surface area contributed by atoms with Crippen molar-refractivity contribution in [2.24, 2.45) is 7.05 Å². The van der Waals surface area contributed by atoms with Gasteiger partial charge >= 0.3 is 6.09 Å². The van der Waals surface area contributed by atoms with Crippen LogP contribution in [-0.2, 0) is 21.3 Å². The molecule has 2 saturated carbocycles. The summed E-state index contributed by atoms with van der Waals surface area (Å²) < 4.78 is 13.4. The Morgan fingerprint density at radius 3 is 2.43 bits per heavy atom. The average molecular weight is 624 g/mol. The fourth-order valence-electron chi connectivity index (χ4n) is 6.15. The molecular weight excluding hydrogens is 578 g/mol. The van der Waals surface area contributed by atoms with Crippen LogP contribution in [0.4, 0.5) is 4.79 Å². The van der Waals surface area contributed by atoms with Crippen LogP contribution in [0.5, 0.6) is 0 Å². The first kappa shape index (κ1) is 32.3. The number of allylic oxidation sites excluding steroid dienone is 1. The monoisotopic (exact) mass is 623 g/mol. The van der Waals surface area contributed by atoms with Gasteiger partial charge in [-0.1, -0.05) is 35.9 Å². The van der Waals surface area contributed by atoms with Crippen LogP contribution >= 0.6 is 11.6 Å². The first-order valence-corrected chi connectivity index (χ1v) is 16.0. The van der Waals surface area contributed by atoms with E-state index in [1.165, 1.54) is 5.57 Å². The number of carbonyl (C=O) groups excluding carboxylic acids is 2. The number of aromatic nitrogens is 2. The summed E-state index contributed by atoms with van der Waals surface area (Å²) in [7, 11) is 3.51. The Balaban J connectivity index is 1.45. The molecule has 3 aliphatic rings. The van der Waals surface area contributed by atoms with E-state index in [1.807, 2.05) is 35.6 Å².